The second kappa shape index (κ2) is 7.62. The van der Waals surface area contributed by atoms with Crippen molar-refractivity contribution in [1.82, 2.24) is 14.5 Å². The lowest BCUT2D eigenvalue weighted by Gasteiger charge is -2.34. The van der Waals surface area contributed by atoms with Gasteiger partial charge in [0.05, 0.1) is 22.4 Å². The largest absolute Gasteiger partial charge is 0.309 e. The lowest BCUT2D eigenvalue weighted by atomic mass is 9.75. The molecule has 0 amide bonds. The highest BCUT2D eigenvalue weighted by Crippen LogP contribution is 2.47. The Bertz CT molecular complexity index is 2060. The van der Waals surface area contributed by atoms with Crippen molar-refractivity contribution >= 4 is 32.6 Å². The first-order valence-electron chi connectivity index (χ1n) is 13.1. The fraction of sp³-hybridized carbons (Fsp3) is 0.0857. The third-order valence-corrected chi connectivity index (χ3v) is 8.32. The van der Waals surface area contributed by atoms with E-state index in [4.69, 9.17) is 4.98 Å². The Labute approximate surface area is 221 Å². The minimum atomic E-state index is -0.115. The Morgan fingerprint density at radius 3 is 2.39 bits per heavy atom. The van der Waals surface area contributed by atoms with Crippen molar-refractivity contribution in [1.29, 1.82) is 0 Å². The third-order valence-electron chi connectivity index (χ3n) is 8.32. The minimum Gasteiger partial charge on any atom is -0.309 e. The topological polar surface area (TPSA) is 30.7 Å². The summed E-state index contributed by atoms with van der Waals surface area (Å²) in [4.78, 5) is 9.24. The van der Waals surface area contributed by atoms with E-state index < -0.39 is 0 Å². The van der Waals surface area contributed by atoms with E-state index in [-0.39, 0.29) is 5.41 Å². The second-order valence-electron chi connectivity index (χ2n) is 10.7. The summed E-state index contributed by atoms with van der Waals surface area (Å²) in [7, 11) is 0. The van der Waals surface area contributed by atoms with Gasteiger partial charge in [-0.2, -0.15) is 0 Å². The van der Waals surface area contributed by atoms with E-state index >= 15 is 0 Å². The van der Waals surface area contributed by atoms with Gasteiger partial charge < -0.3 is 4.57 Å². The molecule has 0 unspecified atom stereocenters. The maximum atomic E-state index is 4.76. The molecule has 0 atom stereocenters. The van der Waals surface area contributed by atoms with E-state index in [0.29, 0.717) is 0 Å². The highest BCUT2D eigenvalue weighted by molar-refractivity contribution is 6.12. The number of pyridine rings is 2. The van der Waals surface area contributed by atoms with Crippen molar-refractivity contribution in [3.63, 3.8) is 0 Å². The molecule has 0 saturated heterocycles. The number of hydrogen-bond donors (Lipinski definition) is 0. The van der Waals surface area contributed by atoms with Crippen molar-refractivity contribution in [2.75, 3.05) is 0 Å². The molecule has 0 radical (unpaired) electrons. The van der Waals surface area contributed by atoms with Gasteiger partial charge in [0.1, 0.15) is 0 Å². The summed E-state index contributed by atoms with van der Waals surface area (Å²) in [5.74, 6) is 0. The first-order valence-corrected chi connectivity index (χ1v) is 13.1. The Morgan fingerprint density at radius 1 is 0.632 bits per heavy atom. The smallest absolute Gasteiger partial charge is 0.0780 e. The highest BCUT2D eigenvalue weighted by Gasteiger charge is 2.35. The van der Waals surface area contributed by atoms with Crippen LogP contribution in [0.1, 0.15) is 25.0 Å². The fourth-order valence-electron chi connectivity index (χ4n) is 6.41. The van der Waals surface area contributed by atoms with Crippen LogP contribution in [0.4, 0.5) is 0 Å². The minimum absolute atomic E-state index is 0.115. The third kappa shape index (κ3) is 2.84. The standard InChI is InChI=1S/C35H25N3/c1-35(2)29-12-6-11-27-28-20-24(13-14-31(28)38(34(27)29)32-16-17-36-21-30(32)35)23-8-5-9-25(19-23)33-26-10-4-3-7-22(26)15-18-37-33/h3-21H,1-2H3. The average molecular weight is 488 g/mol. The molecule has 3 nitrogen and oxygen atoms in total. The molecule has 1 aliphatic heterocycles. The molecule has 3 heteroatoms. The van der Waals surface area contributed by atoms with Crippen LogP contribution in [0.3, 0.4) is 0 Å². The molecule has 180 valence electrons. The van der Waals surface area contributed by atoms with Gasteiger partial charge in [-0.3, -0.25) is 9.97 Å². The summed E-state index contributed by atoms with van der Waals surface area (Å²) in [6, 6.07) is 35.1. The van der Waals surface area contributed by atoms with E-state index in [9.17, 15) is 0 Å². The van der Waals surface area contributed by atoms with Gasteiger partial charge in [-0.15, -0.1) is 0 Å². The molecule has 0 N–H and O–H groups in total. The molecule has 4 heterocycles. The molecule has 0 saturated carbocycles. The van der Waals surface area contributed by atoms with Crippen LogP contribution in [0, 0.1) is 0 Å². The van der Waals surface area contributed by atoms with Crippen LogP contribution in [0.5, 0.6) is 0 Å². The lowest BCUT2D eigenvalue weighted by Crippen LogP contribution is -2.26. The zero-order chi connectivity index (χ0) is 25.4. The Kier molecular flexibility index (Phi) is 4.28. The van der Waals surface area contributed by atoms with E-state index in [2.05, 4.69) is 120 Å². The normalized spacial score (nSPS) is 13.7. The Balaban J connectivity index is 1.36. The van der Waals surface area contributed by atoms with Crippen LogP contribution in [-0.4, -0.2) is 14.5 Å². The molecule has 4 aromatic carbocycles. The van der Waals surface area contributed by atoms with Gasteiger partial charge >= 0.3 is 0 Å². The molecule has 0 fully saturated rings. The Hall–Kier alpha value is -4.76. The summed E-state index contributed by atoms with van der Waals surface area (Å²) in [5, 5.41) is 4.94. The molecule has 38 heavy (non-hydrogen) atoms. The van der Waals surface area contributed by atoms with E-state index in [1.165, 1.54) is 60.5 Å². The summed E-state index contributed by atoms with van der Waals surface area (Å²) in [6.07, 6.45) is 5.84. The van der Waals surface area contributed by atoms with Crippen LogP contribution >= 0.6 is 0 Å². The zero-order valence-electron chi connectivity index (χ0n) is 21.3. The van der Waals surface area contributed by atoms with Gasteiger partial charge in [0.2, 0.25) is 0 Å². The molecule has 0 aliphatic carbocycles. The lowest BCUT2D eigenvalue weighted by molar-refractivity contribution is 0.626. The predicted octanol–water partition coefficient (Wildman–Crippen LogP) is 8.70. The maximum Gasteiger partial charge on any atom is 0.0780 e. The zero-order valence-corrected chi connectivity index (χ0v) is 21.3. The van der Waals surface area contributed by atoms with Crippen LogP contribution in [-0.2, 0) is 5.41 Å². The van der Waals surface area contributed by atoms with Crippen molar-refractivity contribution in [3.05, 3.63) is 127 Å². The summed E-state index contributed by atoms with van der Waals surface area (Å²) >= 11 is 0. The predicted molar refractivity (Wildman–Crippen MR) is 157 cm³/mol. The number of para-hydroxylation sites is 1. The van der Waals surface area contributed by atoms with Crippen LogP contribution in [0.25, 0.3) is 60.6 Å². The number of nitrogens with zero attached hydrogens (tertiary/aromatic N) is 3. The fourth-order valence-corrected chi connectivity index (χ4v) is 6.41. The van der Waals surface area contributed by atoms with Gasteiger partial charge in [-0.1, -0.05) is 80.6 Å². The maximum absolute atomic E-state index is 4.76. The van der Waals surface area contributed by atoms with Crippen molar-refractivity contribution in [2.45, 2.75) is 19.3 Å². The summed E-state index contributed by atoms with van der Waals surface area (Å²) in [6.45, 7) is 4.61. The molecule has 3 aromatic heterocycles. The van der Waals surface area contributed by atoms with Crippen molar-refractivity contribution in [3.8, 4) is 28.1 Å². The van der Waals surface area contributed by atoms with E-state index in [1.54, 1.807) is 0 Å². The molecular weight excluding hydrogens is 462 g/mol. The molecule has 0 bridgehead atoms. The van der Waals surface area contributed by atoms with Crippen molar-refractivity contribution in [2.24, 2.45) is 0 Å². The highest BCUT2D eigenvalue weighted by atomic mass is 15.0. The quantitative estimate of drug-likeness (QED) is 0.244. The SMILES string of the molecule is CC1(C)c2cnccc2-n2c3ccc(-c4cccc(-c5nccc6ccccc56)c4)cc3c3cccc1c32. The van der Waals surface area contributed by atoms with Gasteiger partial charge in [0, 0.05) is 51.3 Å². The van der Waals surface area contributed by atoms with Crippen LogP contribution < -0.4 is 0 Å². The summed E-state index contributed by atoms with van der Waals surface area (Å²) < 4.78 is 2.43. The molecular formula is C35H25N3. The number of fused-ring (bicyclic) bond motifs is 6. The molecule has 0 spiro atoms. The van der Waals surface area contributed by atoms with Gasteiger partial charge in [-0.25, -0.2) is 0 Å². The monoisotopic (exact) mass is 487 g/mol. The molecule has 1 aliphatic rings. The first-order chi connectivity index (χ1) is 18.6. The number of aromatic nitrogens is 3. The molecule has 8 rings (SSSR count). The summed E-state index contributed by atoms with van der Waals surface area (Å²) in [5.41, 5.74) is 10.8. The van der Waals surface area contributed by atoms with E-state index in [1.807, 2.05) is 18.6 Å². The average Bonchev–Trinajstić information content (AvgIpc) is 3.30. The van der Waals surface area contributed by atoms with Crippen molar-refractivity contribution < 1.29 is 0 Å². The van der Waals surface area contributed by atoms with Gasteiger partial charge in [0.25, 0.3) is 0 Å². The molecule has 7 aromatic rings. The van der Waals surface area contributed by atoms with Gasteiger partial charge in [0.15, 0.2) is 0 Å². The first kappa shape index (κ1) is 21.3. The second-order valence-corrected chi connectivity index (χ2v) is 10.7. The number of benzene rings is 4. The van der Waals surface area contributed by atoms with Gasteiger partial charge in [-0.05, 0) is 52.4 Å². The van der Waals surface area contributed by atoms with E-state index in [0.717, 1.165) is 11.3 Å². The number of hydrogen-bond acceptors (Lipinski definition) is 2. The Morgan fingerprint density at radius 2 is 1.45 bits per heavy atom. The number of rotatable bonds is 2. The van der Waals surface area contributed by atoms with Crippen LogP contribution in [0.2, 0.25) is 0 Å². The van der Waals surface area contributed by atoms with Crippen LogP contribution in [0.15, 0.2) is 116 Å².